The van der Waals surface area contributed by atoms with E-state index in [1.54, 1.807) is 25.3 Å². The molecule has 0 amide bonds. The summed E-state index contributed by atoms with van der Waals surface area (Å²) >= 11 is 0. The number of aromatic carboxylic acids is 1. The van der Waals surface area contributed by atoms with Gasteiger partial charge in [-0.2, -0.15) is 0 Å². The van der Waals surface area contributed by atoms with E-state index >= 15 is 0 Å². The van der Waals surface area contributed by atoms with Gasteiger partial charge in [0.15, 0.2) is 0 Å². The predicted octanol–water partition coefficient (Wildman–Crippen LogP) is 4.36. The van der Waals surface area contributed by atoms with Crippen LogP contribution in [-0.4, -0.2) is 18.2 Å². The van der Waals surface area contributed by atoms with Crippen LogP contribution in [0.2, 0.25) is 0 Å². The second kappa shape index (κ2) is 5.60. The minimum atomic E-state index is -0.937. The van der Waals surface area contributed by atoms with Crippen molar-refractivity contribution in [1.82, 2.24) is 0 Å². The molecule has 0 fully saturated rings. The van der Waals surface area contributed by atoms with Crippen molar-refractivity contribution in [1.29, 1.82) is 0 Å². The zero-order valence-electron chi connectivity index (χ0n) is 12.8. The van der Waals surface area contributed by atoms with Gasteiger partial charge in [-0.1, -0.05) is 45.0 Å². The van der Waals surface area contributed by atoms with Crippen LogP contribution in [0.3, 0.4) is 0 Å². The molecule has 0 atom stereocenters. The number of carbonyl (C=O) groups is 1. The molecule has 3 heteroatoms. The number of rotatable bonds is 3. The number of benzene rings is 2. The Morgan fingerprint density at radius 2 is 1.67 bits per heavy atom. The zero-order chi connectivity index (χ0) is 15.6. The summed E-state index contributed by atoms with van der Waals surface area (Å²) in [7, 11) is 1.57. The van der Waals surface area contributed by atoms with Crippen LogP contribution < -0.4 is 4.74 Å². The Bertz CT molecular complexity index is 649. The van der Waals surface area contributed by atoms with E-state index in [1.165, 1.54) is 5.56 Å². The number of hydrogen-bond donors (Lipinski definition) is 1. The number of carboxylic acids is 1. The van der Waals surface area contributed by atoms with Crippen molar-refractivity contribution in [2.24, 2.45) is 0 Å². The molecule has 2 aromatic rings. The number of carboxylic acid groups (broad SMARTS) is 1. The highest BCUT2D eigenvalue weighted by molar-refractivity contribution is 5.96. The molecule has 0 unspecified atom stereocenters. The van der Waals surface area contributed by atoms with Crippen LogP contribution in [0.4, 0.5) is 0 Å². The van der Waals surface area contributed by atoms with Crippen molar-refractivity contribution in [3.63, 3.8) is 0 Å². The van der Waals surface area contributed by atoms with E-state index in [2.05, 4.69) is 20.8 Å². The van der Waals surface area contributed by atoms with Gasteiger partial charge in [0.05, 0.1) is 12.7 Å². The molecule has 3 nitrogen and oxygen atoms in total. The summed E-state index contributed by atoms with van der Waals surface area (Å²) < 4.78 is 5.20. The molecule has 2 aromatic carbocycles. The largest absolute Gasteiger partial charge is 0.497 e. The molecule has 0 saturated carbocycles. The maximum absolute atomic E-state index is 11.4. The topological polar surface area (TPSA) is 46.5 Å². The third-order valence-corrected chi connectivity index (χ3v) is 3.52. The summed E-state index contributed by atoms with van der Waals surface area (Å²) in [5.74, 6) is -0.289. The lowest BCUT2D eigenvalue weighted by Crippen LogP contribution is -2.10. The normalized spacial score (nSPS) is 11.2. The lowest BCUT2D eigenvalue weighted by atomic mass is 9.86. The predicted molar refractivity (Wildman–Crippen MR) is 84.1 cm³/mol. The fourth-order valence-corrected chi connectivity index (χ4v) is 2.23. The molecule has 21 heavy (non-hydrogen) atoms. The van der Waals surface area contributed by atoms with Crippen molar-refractivity contribution in [3.8, 4) is 16.9 Å². The summed E-state index contributed by atoms with van der Waals surface area (Å²) in [6.07, 6.45) is 0. The molecule has 0 bridgehead atoms. The van der Waals surface area contributed by atoms with E-state index in [-0.39, 0.29) is 11.0 Å². The van der Waals surface area contributed by atoms with Gasteiger partial charge in [-0.3, -0.25) is 0 Å². The van der Waals surface area contributed by atoms with Gasteiger partial charge in [0.2, 0.25) is 0 Å². The summed E-state index contributed by atoms with van der Waals surface area (Å²) in [6.45, 7) is 6.45. The van der Waals surface area contributed by atoms with E-state index in [0.29, 0.717) is 11.3 Å². The van der Waals surface area contributed by atoms with E-state index in [1.807, 2.05) is 24.3 Å². The molecule has 0 radical (unpaired) electrons. The van der Waals surface area contributed by atoms with Gasteiger partial charge >= 0.3 is 5.97 Å². The number of ether oxygens (including phenoxy) is 1. The van der Waals surface area contributed by atoms with E-state index in [4.69, 9.17) is 4.74 Å². The van der Waals surface area contributed by atoms with Crippen molar-refractivity contribution >= 4 is 5.97 Å². The lowest BCUT2D eigenvalue weighted by Gasteiger charge is -2.19. The Morgan fingerprint density at radius 1 is 1.05 bits per heavy atom. The highest BCUT2D eigenvalue weighted by atomic mass is 16.5. The van der Waals surface area contributed by atoms with Crippen molar-refractivity contribution in [3.05, 3.63) is 53.6 Å². The first-order valence-corrected chi connectivity index (χ1v) is 6.85. The van der Waals surface area contributed by atoms with Crippen LogP contribution in [-0.2, 0) is 5.41 Å². The second-order valence-corrected chi connectivity index (χ2v) is 6.04. The van der Waals surface area contributed by atoms with E-state index in [9.17, 15) is 9.90 Å². The highest BCUT2D eigenvalue weighted by Crippen LogP contribution is 2.30. The maximum Gasteiger partial charge on any atom is 0.336 e. The molecule has 110 valence electrons. The Morgan fingerprint density at radius 3 is 2.14 bits per heavy atom. The van der Waals surface area contributed by atoms with Gasteiger partial charge in [0.1, 0.15) is 5.75 Å². The SMILES string of the molecule is COc1ccc(C(=O)O)c(-c2ccc(C(C)(C)C)cc2)c1. The Kier molecular flexibility index (Phi) is 4.03. The van der Waals surface area contributed by atoms with Gasteiger partial charge in [-0.05, 0) is 40.3 Å². The molecule has 0 aliphatic heterocycles. The van der Waals surface area contributed by atoms with Crippen LogP contribution in [0.25, 0.3) is 11.1 Å². The zero-order valence-corrected chi connectivity index (χ0v) is 12.8. The third-order valence-electron chi connectivity index (χ3n) is 3.52. The molecule has 2 rings (SSSR count). The summed E-state index contributed by atoms with van der Waals surface area (Å²) in [4.78, 5) is 11.4. The smallest absolute Gasteiger partial charge is 0.336 e. The molecule has 0 spiro atoms. The first kappa shape index (κ1) is 15.1. The van der Waals surface area contributed by atoms with Gasteiger partial charge in [0, 0.05) is 0 Å². The van der Waals surface area contributed by atoms with Crippen LogP contribution in [0.1, 0.15) is 36.7 Å². The quantitative estimate of drug-likeness (QED) is 0.911. The molecular formula is C18H20O3. The van der Waals surface area contributed by atoms with Gasteiger partial charge in [0.25, 0.3) is 0 Å². The summed E-state index contributed by atoms with van der Waals surface area (Å²) in [6, 6.07) is 13.0. The van der Waals surface area contributed by atoms with E-state index in [0.717, 1.165) is 5.56 Å². The Balaban J connectivity index is 2.52. The number of hydrogen-bond acceptors (Lipinski definition) is 2. The standard InChI is InChI=1S/C18H20O3/c1-18(2,3)13-7-5-12(6-8-13)16-11-14(21-4)9-10-15(16)17(19)20/h5-11H,1-4H3,(H,19,20). The van der Waals surface area contributed by atoms with Gasteiger partial charge in [-0.25, -0.2) is 4.79 Å². The molecule has 0 saturated heterocycles. The molecule has 0 aliphatic rings. The van der Waals surface area contributed by atoms with Crippen molar-refractivity contribution in [2.75, 3.05) is 7.11 Å². The molecule has 1 N–H and O–H groups in total. The van der Waals surface area contributed by atoms with Crippen LogP contribution in [0, 0.1) is 0 Å². The molecule has 0 aromatic heterocycles. The third kappa shape index (κ3) is 3.24. The summed E-state index contributed by atoms with van der Waals surface area (Å²) in [5, 5.41) is 9.33. The van der Waals surface area contributed by atoms with Crippen LogP contribution >= 0.6 is 0 Å². The fraction of sp³-hybridized carbons (Fsp3) is 0.278. The minimum Gasteiger partial charge on any atom is -0.497 e. The lowest BCUT2D eigenvalue weighted by molar-refractivity contribution is 0.0697. The molecular weight excluding hydrogens is 264 g/mol. The van der Waals surface area contributed by atoms with E-state index < -0.39 is 5.97 Å². The monoisotopic (exact) mass is 284 g/mol. The Labute approximate surface area is 125 Å². The van der Waals surface area contributed by atoms with Crippen molar-refractivity contribution in [2.45, 2.75) is 26.2 Å². The highest BCUT2D eigenvalue weighted by Gasteiger charge is 2.16. The maximum atomic E-state index is 11.4. The molecule has 0 heterocycles. The Hall–Kier alpha value is -2.29. The fourth-order valence-electron chi connectivity index (χ4n) is 2.23. The first-order chi connectivity index (χ1) is 9.82. The average molecular weight is 284 g/mol. The number of methoxy groups -OCH3 is 1. The first-order valence-electron chi connectivity index (χ1n) is 6.85. The van der Waals surface area contributed by atoms with Gasteiger partial charge < -0.3 is 9.84 Å². The van der Waals surface area contributed by atoms with Gasteiger partial charge in [-0.15, -0.1) is 0 Å². The second-order valence-electron chi connectivity index (χ2n) is 6.04. The summed E-state index contributed by atoms with van der Waals surface area (Å²) in [5.41, 5.74) is 3.11. The average Bonchev–Trinajstić information content (AvgIpc) is 2.45. The minimum absolute atomic E-state index is 0.0720. The van der Waals surface area contributed by atoms with Crippen molar-refractivity contribution < 1.29 is 14.6 Å². The van der Waals surface area contributed by atoms with Crippen LogP contribution in [0.5, 0.6) is 5.75 Å². The molecule has 0 aliphatic carbocycles. The van der Waals surface area contributed by atoms with Crippen LogP contribution in [0.15, 0.2) is 42.5 Å².